The Labute approximate surface area is 156 Å². The van der Waals surface area contributed by atoms with Crippen LogP contribution in [-0.2, 0) is 15.0 Å². The van der Waals surface area contributed by atoms with Crippen molar-refractivity contribution >= 4 is 28.9 Å². The number of carbonyl (C=O) groups excluding carboxylic acids is 1. The third-order valence-corrected chi connectivity index (χ3v) is 4.30. The van der Waals surface area contributed by atoms with Crippen LogP contribution in [0.25, 0.3) is 0 Å². The van der Waals surface area contributed by atoms with Gasteiger partial charge >= 0.3 is 5.97 Å². The molecule has 0 atom stereocenters. The predicted octanol–water partition coefficient (Wildman–Crippen LogP) is 3.03. The van der Waals surface area contributed by atoms with Gasteiger partial charge in [0.2, 0.25) is 5.91 Å². The molecule has 8 heteroatoms. The molecule has 0 aliphatic rings. The molecule has 0 saturated carbocycles. The molecule has 2 rings (SSSR count). The number of benzene rings is 2. The molecule has 142 valence electrons. The fourth-order valence-electron chi connectivity index (χ4n) is 2.54. The lowest BCUT2D eigenvalue weighted by molar-refractivity contribution is -0.384. The van der Waals surface area contributed by atoms with Gasteiger partial charge in [-0.05, 0) is 37.6 Å². The summed E-state index contributed by atoms with van der Waals surface area (Å²) in [6.07, 6.45) is 0. The average molecular weight is 371 g/mol. The highest BCUT2D eigenvalue weighted by Gasteiger charge is 2.29. The van der Waals surface area contributed by atoms with Gasteiger partial charge in [0.15, 0.2) is 0 Å². The largest absolute Gasteiger partial charge is 0.481 e. The second-order valence-electron chi connectivity index (χ2n) is 6.66. The number of likely N-dealkylation sites (N-methyl/N-ethyl adjacent to an activating group) is 1. The number of nitro groups is 1. The summed E-state index contributed by atoms with van der Waals surface area (Å²) in [5.74, 6) is -1.29. The van der Waals surface area contributed by atoms with E-state index in [9.17, 15) is 24.8 Å². The van der Waals surface area contributed by atoms with E-state index < -0.39 is 16.3 Å². The molecule has 2 aromatic rings. The molecule has 0 heterocycles. The normalized spacial score (nSPS) is 10.9. The molecule has 0 bridgehead atoms. The monoisotopic (exact) mass is 371 g/mol. The lowest BCUT2D eigenvalue weighted by Crippen LogP contribution is -2.30. The van der Waals surface area contributed by atoms with Crippen LogP contribution in [0.3, 0.4) is 0 Å². The smallest absolute Gasteiger partial charge is 0.313 e. The summed E-state index contributed by atoms with van der Waals surface area (Å²) in [5.41, 5.74) is 0.366. The molecule has 27 heavy (non-hydrogen) atoms. The zero-order valence-electron chi connectivity index (χ0n) is 15.3. The molecule has 8 nitrogen and oxygen atoms in total. The number of rotatable bonds is 7. The highest BCUT2D eigenvalue weighted by Crippen LogP contribution is 2.27. The minimum Gasteiger partial charge on any atom is -0.481 e. The lowest BCUT2D eigenvalue weighted by Gasteiger charge is -2.20. The van der Waals surface area contributed by atoms with Crippen LogP contribution in [0.1, 0.15) is 19.4 Å². The van der Waals surface area contributed by atoms with Crippen LogP contribution in [-0.4, -0.2) is 35.5 Å². The number of anilines is 2. The molecule has 0 saturated heterocycles. The Kier molecular flexibility index (Phi) is 5.79. The van der Waals surface area contributed by atoms with E-state index in [-0.39, 0.29) is 18.1 Å². The molecule has 1 amide bonds. The van der Waals surface area contributed by atoms with Gasteiger partial charge in [-0.2, -0.15) is 0 Å². The average Bonchev–Trinajstić information content (AvgIpc) is 2.61. The number of aliphatic carboxylic acids is 1. The highest BCUT2D eigenvalue weighted by molar-refractivity contribution is 5.94. The number of nitrogens with one attached hydrogen (secondary N) is 1. The first-order valence-electron chi connectivity index (χ1n) is 8.21. The molecule has 0 spiro atoms. The number of para-hydroxylation sites is 2. The Morgan fingerprint density at radius 2 is 1.74 bits per heavy atom. The van der Waals surface area contributed by atoms with Crippen LogP contribution in [0.4, 0.5) is 17.1 Å². The Balaban J connectivity index is 2.06. The van der Waals surface area contributed by atoms with Crippen LogP contribution in [0, 0.1) is 10.1 Å². The van der Waals surface area contributed by atoms with Gasteiger partial charge in [0.05, 0.1) is 16.9 Å². The topological polar surface area (TPSA) is 113 Å². The van der Waals surface area contributed by atoms with E-state index in [1.807, 2.05) is 0 Å². The van der Waals surface area contributed by atoms with Crippen molar-refractivity contribution in [3.63, 3.8) is 0 Å². The van der Waals surface area contributed by atoms with E-state index in [4.69, 9.17) is 0 Å². The minimum atomic E-state index is -1.03. The van der Waals surface area contributed by atoms with Crippen LogP contribution in [0.15, 0.2) is 48.5 Å². The van der Waals surface area contributed by atoms with Gasteiger partial charge < -0.3 is 15.3 Å². The fraction of sp³-hybridized carbons (Fsp3) is 0.263. The Bertz CT molecular complexity index is 862. The standard InChI is InChI=1S/C19H21N3O5/c1-19(2,18(24)25)13-8-10-14(11-9-13)20-17(23)12-21(3)15-6-4-5-7-16(15)22(26)27/h4-11H,12H2,1-3H3,(H,20,23)(H,24,25). The number of hydrogen-bond donors (Lipinski definition) is 2. The summed E-state index contributed by atoms with van der Waals surface area (Å²) in [6, 6.07) is 12.7. The second-order valence-corrected chi connectivity index (χ2v) is 6.66. The van der Waals surface area contributed by atoms with Crippen molar-refractivity contribution in [1.82, 2.24) is 0 Å². The minimum absolute atomic E-state index is 0.0759. The number of carboxylic acid groups (broad SMARTS) is 1. The molecule has 2 aromatic carbocycles. The van der Waals surface area contributed by atoms with E-state index in [0.29, 0.717) is 16.9 Å². The first kappa shape index (κ1) is 19.9. The van der Waals surface area contributed by atoms with Gasteiger partial charge in [0.25, 0.3) is 5.69 Å². The number of amides is 1. The summed E-state index contributed by atoms with van der Waals surface area (Å²) in [6.45, 7) is 3.13. The molecule has 0 aromatic heterocycles. The Hall–Kier alpha value is -3.42. The van der Waals surface area contributed by atoms with Gasteiger partial charge in [-0.3, -0.25) is 19.7 Å². The number of nitrogens with zero attached hydrogens (tertiary/aromatic N) is 2. The van der Waals surface area contributed by atoms with E-state index in [1.165, 1.54) is 11.0 Å². The molecule has 2 N–H and O–H groups in total. The number of nitro benzene ring substituents is 1. The molecule has 0 aliphatic carbocycles. The molecule has 0 aliphatic heterocycles. The Morgan fingerprint density at radius 3 is 2.30 bits per heavy atom. The summed E-state index contributed by atoms with van der Waals surface area (Å²) in [4.78, 5) is 35.6. The number of carboxylic acids is 1. The fourth-order valence-corrected chi connectivity index (χ4v) is 2.54. The molecular formula is C19H21N3O5. The maximum absolute atomic E-state index is 12.3. The SMILES string of the molecule is CN(CC(=O)Nc1ccc(C(C)(C)C(=O)O)cc1)c1ccccc1[N+](=O)[O-]. The van der Waals surface area contributed by atoms with Gasteiger partial charge in [0.1, 0.15) is 5.69 Å². The van der Waals surface area contributed by atoms with E-state index in [1.54, 1.807) is 63.4 Å². The Morgan fingerprint density at radius 1 is 1.15 bits per heavy atom. The van der Waals surface area contributed by atoms with Crippen LogP contribution < -0.4 is 10.2 Å². The first-order chi connectivity index (χ1) is 12.6. The number of hydrogen-bond acceptors (Lipinski definition) is 5. The lowest BCUT2D eigenvalue weighted by atomic mass is 9.85. The van der Waals surface area contributed by atoms with E-state index >= 15 is 0 Å². The predicted molar refractivity (Wildman–Crippen MR) is 102 cm³/mol. The summed E-state index contributed by atoms with van der Waals surface area (Å²) < 4.78 is 0. The van der Waals surface area contributed by atoms with E-state index in [2.05, 4.69) is 5.32 Å². The molecule has 0 radical (unpaired) electrons. The van der Waals surface area contributed by atoms with Crippen molar-refractivity contribution in [3.05, 3.63) is 64.2 Å². The number of carbonyl (C=O) groups is 2. The van der Waals surface area contributed by atoms with Crippen molar-refractivity contribution in [2.45, 2.75) is 19.3 Å². The molecular weight excluding hydrogens is 350 g/mol. The first-order valence-corrected chi connectivity index (χ1v) is 8.21. The van der Waals surface area contributed by atoms with Crippen molar-refractivity contribution in [3.8, 4) is 0 Å². The second kappa shape index (κ2) is 7.86. The summed E-state index contributed by atoms with van der Waals surface area (Å²) in [7, 11) is 1.60. The maximum atomic E-state index is 12.3. The summed E-state index contributed by atoms with van der Waals surface area (Å²) >= 11 is 0. The molecule has 0 unspecified atom stereocenters. The zero-order valence-corrected chi connectivity index (χ0v) is 15.3. The van der Waals surface area contributed by atoms with Crippen LogP contribution in [0.5, 0.6) is 0 Å². The van der Waals surface area contributed by atoms with Crippen molar-refractivity contribution in [1.29, 1.82) is 0 Å². The van der Waals surface area contributed by atoms with Gasteiger partial charge in [-0.15, -0.1) is 0 Å². The zero-order chi connectivity index (χ0) is 20.2. The third-order valence-electron chi connectivity index (χ3n) is 4.30. The van der Waals surface area contributed by atoms with Crippen molar-refractivity contribution < 1.29 is 19.6 Å². The van der Waals surface area contributed by atoms with Crippen LogP contribution in [0.2, 0.25) is 0 Å². The van der Waals surface area contributed by atoms with Gasteiger partial charge in [0, 0.05) is 18.8 Å². The van der Waals surface area contributed by atoms with Crippen molar-refractivity contribution in [2.75, 3.05) is 23.8 Å². The highest BCUT2D eigenvalue weighted by atomic mass is 16.6. The summed E-state index contributed by atoms with van der Waals surface area (Å²) in [5, 5.41) is 23.1. The maximum Gasteiger partial charge on any atom is 0.313 e. The van der Waals surface area contributed by atoms with E-state index in [0.717, 1.165) is 0 Å². The van der Waals surface area contributed by atoms with Crippen molar-refractivity contribution in [2.24, 2.45) is 0 Å². The quantitative estimate of drug-likeness (QED) is 0.571. The molecule has 0 fully saturated rings. The van der Waals surface area contributed by atoms with Gasteiger partial charge in [-0.1, -0.05) is 24.3 Å². The van der Waals surface area contributed by atoms with Gasteiger partial charge in [-0.25, -0.2) is 0 Å². The third kappa shape index (κ3) is 4.60. The van der Waals surface area contributed by atoms with Crippen LogP contribution >= 0.6 is 0 Å².